The van der Waals surface area contributed by atoms with E-state index in [1.54, 1.807) is 6.08 Å². The van der Waals surface area contributed by atoms with Crippen molar-refractivity contribution in [3.63, 3.8) is 0 Å². The van der Waals surface area contributed by atoms with Gasteiger partial charge in [0.2, 0.25) is 0 Å². The second kappa shape index (κ2) is 9.58. The third kappa shape index (κ3) is 5.59. The number of carbonyl (C=O) groups excluding carboxylic acids is 1. The van der Waals surface area contributed by atoms with Gasteiger partial charge in [0.1, 0.15) is 24.0 Å². The number of anilines is 1. The van der Waals surface area contributed by atoms with Gasteiger partial charge < -0.3 is 10.1 Å². The zero-order valence-corrected chi connectivity index (χ0v) is 17.4. The Morgan fingerprint density at radius 1 is 0.967 bits per heavy atom. The zero-order chi connectivity index (χ0) is 21.5. The molecule has 0 heterocycles. The van der Waals surface area contributed by atoms with Crippen molar-refractivity contribution in [3.8, 4) is 11.8 Å². The van der Waals surface area contributed by atoms with Gasteiger partial charge >= 0.3 is 0 Å². The summed E-state index contributed by atoms with van der Waals surface area (Å²) in [6.07, 6.45) is 1.57. The summed E-state index contributed by atoms with van der Waals surface area (Å²) in [6, 6.07) is 23.3. The molecule has 0 atom stereocenters. The highest BCUT2D eigenvalue weighted by atomic mass is 16.5. The van der Waals surface area contributed by atoms with Gasteiger partial charge in [-0.1, -0.05) is 54.1 Å². The smallest absolute Gasteiger partial charge is 0.266 e. The SMILES string of the molecule is Cc1ccc(COc2ccc(/C=C(\C#N)C(=O)Nc3cc(C)ccc3C)cc2)cc1. The topological polar surface area (TPSA) is 62.1 Å². The maximum atomic E-state index is 12.5. The Kier molecular flexibility index (Phi) is 6.67. The van der Waals surface area contributed by atoms with Gasteiger partial charge in [-0.25, -0.2) is 0 Å². The van der Waals surface area contributed by atoms with Crippen LogP contribution in [0.15, 0.2) is 72.3 Å². The first-order valence-electron chi connectivity index (χ1n) is 9.73. The number of ether oxygens (including phenoxy) is 1. The van der Waals surface area contributed by atoms with Crippen molar-refractivity contribution in [1.82, 2.24) is 0 Å². The molecule has 0 radical (unpaired) electrons. The van der Waals surface area contributed by atoms with E-state index in [-0.39, 0.29) is 5.57 Å². The molecule has 0 aromatic heterocycles. The Morgan fingerprint density at radius 2 is 1.63 bits per heavy atom. The maximum Gasteiger partial charge on any atom is 0.266 e. The lowest BCUT2D eigenvalue weighted by Gasteiger charge is -2.09. The lowest BCUT2D eigenvalue weighted by Crippen LogP contribution is -2.14. The average molecular weight is 396 g/mol. The number of nitrogens with one attached hydrogen (secondary N) is 1. The second-order valence-corrected chi connectivity index (χ2v) is 7.29. The summed E-state index contributed by atoms with van der Waals surface area (Å²) in [6.45, 7) is 6.41. The predicted octanol–water partition coefficient (Wildman–Crippen LogP) is 5.74. The summed E-state index contributed by atoms with van der Waals surface area (Å²) < 4.78 is 5.80. The molecule has 3 aromatic carbocycles. The van der Waals surface area contributed by atoms with Crippen LogP contribution in [-0.2, 0) is 11.4 Å². The lowest BCUT2D eigenvalue weighted by atomic mass is 10.1. The molecule has 0 fully saturated rings. The number of hydrogen-bond acceptors (Lipinski definition) is 3. The van der Waals surface area contributed by atoms with Crippen LogP contribution in [0.5, 0.6) is 5.75 Å². The number of aryl methyl sites for hydroxylation is 3. The zero-order valence-electron chi connectivity index (χ0n) is 17.4. The summed E-state index contributed by atoms with van der Waals surface area (Å²) in [7, 11) is 0. The Hall–Kier alpha value is -3.84. The molecule has 0 unspecified atom stereocenters. The minimum Gasteiger partial charge on any atom is -0.489 e. The van der Waals surface area contributed by atoms with Crippen molar-refractivity contribution >= 4 is 17.7 Å². The fourth-order valence-electron chi connectivity index (χ4n) is 2.89. The van der Waals surface area contributed by atoms with Crippen LogP contribution >= 0.6 is 0 Å². The molecule has 1 N–H and O–H groups in total. The van der Waals surface area contributed by atoms with Gasteiger partial charge in [0.05, 0.1) is 0 Å². The second-order valence-electron chi connectivity index (χ2n) is 7.29. The molecule has 0 bridgehead atoms. The molecular weight excluding hydrogens is 372 g/mol. The third-order valence-corrected chi connectivity index (χ3v) is 4.72. The van der Waals surface area contributed by atoms with Crippen molar-refractivity contribution in [2.24, 2.45) is 0 Å². The molecule has 3 aromatic rings. The van der Waals surface area contributed by atoms with Gasteiger partial charge in [-0.05, 0) is 67.3 Å². The number of nitrogens with zero attached hydrogens (tertiary/aromatic N) is 1. The van der Waals surface area contributed by atoms with Crippen LogP contribution in [-0.4, -0.2) is 5.91 Å². The van der Waals surface area contributed by atoms with Crippen LogP contribution in [0.3, 0.4) is 0 Å². The highest BCUT2D eigenvalue weighted by molar-refractivity contribution is 6.10. The Balaban J connectivity index is 1.66. The normalized spacial score (nSPS) is 10.9. The molecule has 0 saturated carbocycles. The summed E-state index contributed by atoms with van der Waals surface area (Å²) in [5, 5.41) is 12.3. The molecule has 0 saturated heterocycles. The number of amides is 1. The highest BCUT2D eigenvalue weighted by Crippen LogP contribution is 2.19. The predicted molar refractivity (Wildman–Crippen MR) is 120 cm³/mol. The van der Waals surface area contributed by atoms with Gasteiger partial charge in [0.15, 0.2) is 0 Å². The minimum atomic E-state index is -0.425. The van der Waals surface area contributed by atoms with Crippen molar-refractivity contribution < 1.29 is 9.53 Å². The molecular formula is C26H24N2O2. The van der Waals surface area contributed by atoms with Crippen molar-refractivity contribution in [3.05, 3.63) is 100 Å². The van der Waals surface area contributed by atoms with Crippen LogP contribution in [0.2, 0.25) is 0 Å². The van der Waals surface area contributed by atoms with Gasteiger partial charge in [-0.3, -0.25) is 4.79 Å². The molecule has 0 aliphatic rings. The number of benzene rings is 3. The molecule has 150 valence electrons. The first-order chi connectivity index (χ1) is 14.4. The fourth-order valence-corrected chi connectivity index (χ4v) is 2.89. The molecule has 4 heteroatoms. The lowest BCUT2D eigenvalue weighted by molar-refractivity contribution is -0.112. The van der Waals surface area contributed by atoms with Gasteiger partial charge in [-0.2, -0.15) is 5.26 Å². The van der Waals surface area contributed by atoms with E-state index in [2.05, 4.69) is 24.4 Å². The summed E-state index contributed by atoms with van der Waals surface area (Å²) >= 11 is 0. The van der Waals surface area contributed by atoms with Crippen LogP contribution in [0.4, 0.5) is 5.69 Å². The fraction of sp³-hybridized carbons (Fsp3) is 0.154. The largest absolute Gasteiger partial charge is 0.489 e. The summed E-state index contributed by atoms with van der Waals surface area (Å²) in [5.41, 5.74) is 5.81. The van der Waals surface area contributed by atoms with Crippen LogP contribution in [0.1, 0.15) is 27.8 Å². The quantitative estimate of drug-likeness (QED) is 0.427. The highest BCUT2D eigenvalue weighted by Gasteiger charge is 2.11. The Labute approximate surface area is 177 Å². The first kappa shape index (κ1) is 20.9. The van der Waals surface area contributed by atoms with E-state index in [0.29, 0.717) is 12.3 Å². The molecule has 4 nitrogen and oxygen atoms in total. The third-order valence-electron chi connectivity index (χ3n) is 4.72. The number of hydrogen-bond donors (Lipinski definition) is 1. The molecule has 0 aliphatic heterocycles. The van der Waals surface area contributed by atoms with E-state index in [0.717, 1.165) is 28.0 Å². The minimum absolute atomic E-state index is 0.0456. The van der Waals surface area contributed by atoms with E-state index in [9.17, 15) is 10.1 Å². The van der Waals surface area contributed by atoms with Gasteiger partial charge in [0, 0.05) is 5.69 Å². The molecule has 30 heavy (non-hydrogen) atoms. The number of carbonyl (C=O) groups is 1. The molecule has 1 amide bonds. The molecule has 0 spiro atoms. The molecule has 0 aliphatic carbocycles. The number of rotatable bonds is 6. The van der Waals surface area contributed by atoms with Crippen molar-refractivity contribution in [2.45, 2.75) is 27.4 Å². The van der Waals surface area contributed by atoms with E-state index in [1.807, 2.05) is 74.5 Å². The Bertz CT molecular complexity index is 1110. The summed E-state index contributed by atoms with van der Waals surface area (Å²) in [5.74, 6) is 0.303. The standard InChI is InChI=1S/C26H24N2O2/c1-18-5-8-22(9-6-18)17-30-24-12-10-21(11-13-24)15-23(16-27)26(29)28-25-14-19(2)4-7-20(25)3/h4-15H,17H2,1-3H3,(H,28,29)/b23-15+. The van der Waals surface area contributed by atoms with Crippen LogP contribution < -0.4 is 10.1 Å². The first-order valence-corrected chi connectivity index (χ1v) is 9.73. The molecule has 3 rings (SSSR count). The van der Waals surface area contributed by atoms with Gasteiger partial charge in [-0.15, -0.1) is 0 Å². The average Bonchev–Trinajstić information content (AvgIpc) is 2.75. The van der Waals surface area contributed by atoms with E-state index < -0.39 is 5.91 Å². The van der Waals surface area contributed by atoms with Crippen molar-refractivity contribution in [2.75, 3.05) is 5.32 Å². The van der Waals surface area contributed by atoms with E-state index in [1.165, 1.54) is 5.56 Å². The van der Waals surface area contributed by atoms with Crippen molar-refractivity contribution in [1.29, 1.82) is 5.26 Å². The van der Waals surface area contributed by atoms with Crippen LogP contribution in [0.25, 0.3) is 6.08 Å². The Morgan fingerprint density at radius 3 is 2.30 bits per heavy atom. The van der Waals surface area contributed by atoms with Gasteiger partial charge in [0.25, 0.3) is 5.91 Å². The van der Waals surface area contributed by atoms with E-state index in [4.69, 9.17) is 4.74 Å². The maximum absolute atomic E-state index is 12.5. The van der Waals surface area contributed by atoms with E-state index >= 15 is 0 Å². The van der Waals surface area contributed by atoms with Crippen LogP contribution in [0, 0.1) is 32.1 Å². The summed E-state index contributed by atoms with van der Waals surface area (Å²) in [4.78, 5) is 12.5. The monoisotopic (exact) mass is 396 g/mol. The number of nitriles is 1.